The van der Waals surface area contributed by atoms with Crippen LogP contribution >= 0.6 is 0 Å². The van der Waals surface area contributed by atoms with E-state index in [2.05, 4.69) is 17.6 Å². The predicted octanol–water partition coefficient (Wildman–Crippen LogP) is 8.15. The molecule has 2 rings (SSSR count). The van der Waals surface area contributed by atoms with Crippen molar-refractivity contribution in [3.63, 3.8) is 0 Å². The summed E-state index contributed by atoms with van der Waals surface area (Å²) in [6.07, 6.45) is 4.80. The number of hydrogen-bond acceptors (Lipinski definition) is 6. The topological polar surface area (TPSA) is 114 Å². The number of carbonyl (C=O) groups excluding carboxylic acids is 4. The molecule has 2 aromatic carbocycles. The minimum absolute atomic E-state index is 0.210. The second-order valence-corrected chi connectivity index (χ2v) is 15.4. The molecule has 50 heavy (non-hydrogen) atoms. The van der Waals surface area contributed by atoms with Gasteiger partial charge in [0.15, 0.2) is 0 Å². The number of unbranched alkanes of at least 4 members (excludes halogenated alkanes) is 4. The molecule has 3 amide bonds. The number of nitrogens with zero attached hydrogens (tertiary/aromatic N) is 1. The molecule has 0 fully saturated rings. The van der Waals surface area contributed by atoms with Crippen molar-refractivity contribution in [1.29, 1.82) is 0 Å². The Morgan fingerprint density at radius 1 is 0.760 bits per heavy atom. The third kappa shape index (κ3) is 13.8. The molecular weight excluding hydrogens is 630 g/mol. The molecule has 0 aliphatic rings. The highest BCUT2D eigenvalue weighted by Crippen LogP contribution is 2.31. The molecule has 0 aromatic heterocycles. The fourth-order valence-electron chi connectivity index (χ4n) is 5.90. The van der Waals surface area contributed by atoms with Gasteiger partial charge in [0.1, 0.15) is 29.3 Å². The standard InChI is InChI=1S/C41H63N3O6/c1-12-14-15-16-20-26-44(37(46)34(28(3)13-2)43-39(48)50-41(9,10)11)35(33-29(4)22-21-23-30(33)5)36(45)42-32(38(47)49-40(6,7)8)27-31-24-18-17-19-25-31/h17-19,21-25,28,32,34-35H,12-16,20,26-27H2,1-11H3,(H,42,45)(H,43,48). The number of amides is 3. The van der Waals surface area contributed by atoms with E-state index in [1.54, 1.807) is 46.4 Å². The fraction of sp³-hybridized carbons (Fsp3) is 0.610. The number of hydrogen-bond donors (Lipinski definition) is 2. The first-order chi connectivity index (χ1) is 23.4. The van der Waals surface area contributed by atoms with E-state index >= 15 is 0 Å². The Balaban J connectivity index is 2.72. The number of carbonyl (C=O) groups is 4. The lowest BCUT2D eigenvalue weighted by atomic mass is 9.91. The maximum Gasteiger partial charge on any atom is 0.408 e. The SMILES string of the molecule is CCCCCCCN(C(=O)C(NC(=O)OC(C)(C)C)C(C)CC)C(C(=O)NC(Cc1ccccc1)C(=O)OC(C)(C)C)c1c(C)cccc1C. The lowest BCUT2D eigenvalue weighted by Crippen LogP contribution is -2.57. The smallest absolute Gasteiger partial charge is 0.408 e. The molecule has 4 unspecified atom stereocenters. The van der Waals surface area contributed by atoms with Crippen molar-refractivity contribution < 1.29 is 28.7 Å². The summed E-state index contributed by atoms with van der Waals surface area (Å²) < 4.78 is 11.4. The van der Waals surface area contributed by atoms with E-state index in [1.807, 2.05) is 76.2 Å². The molecule has 2 N–H and O–H groups in total. The van der Waals surface area contributed by atoms with Crippen LogP contribution in [-0.2, 0) is 30.3 Å². The normalized spacial score (nSPS) is 14.1. The first kappa shape index (κ1) is 42.3. The molecule has 0 heterocycles. The molecule has 0 bridgehead atoms. The highest BCUT2D eigenvalue weighted by atomic mass is 16.6. The van der Waals surface area contributed by atoms with Crippen molar-refractivity contribution in [1.82, 2.24) is 15.5 Å². The van der Waals surface area contributed by atoms with Gasteiger partial charge in [-0.25, -0.2) is 9.59 Å². The van der Waals surface area contributed by atoms with Crippen molar-refractivity contribution in [3.05, 3.63) is 70.8 Å². The quantitative estimate of drug-likeness (QED) is 0.128. The van der Waals surface area contributed by atoms with Gasteiger partial charge >= 0.3 is 12.1 Å². The number of ether oxygens (including phenoxy) is 2. The predicted molar refractivity (Wildman–Crippen MR) is 200 cm³/mol. The molecule has 4 atom stereocenters. The van der Waals surface area contributed by atoms with E-state index in [9.17, 15) is 19.2 Å². The Kier molecular flexibility index (Phi) is 16.5. The molecule has 0 spiro atoms. The van der Waals surface area contributed by atoms with Crippen LogP contribution in [0.3, 0.4) is 0 Å². The molecule has 0 aliphatic heterocycles. The lowest BCUT2D eigenvalue weighted by Gasteiger charge is -2.37. The molecule has 0 saturated heterocycles. The number of nitrogens with one attached hydrogen (secondary N) is 2. The summed E-state index contributed by atoms with van der Waals surface area (Å²) in [6, 6.07) is 12.2. The summed E-state index contributed by atoms with van der Waals surface area (Å²) in [5.41, 5.74) is 1.68. The van der Waals surface area contributed by atoms with Crippen molar-refractivity contribution in [2.45, 2.75) is 150 Å². The second-order valence-electron chi connectivity index (χ2n) is 15.4. The summed E-state index contributed by atoms with van der Waals surface area (Å²) in [5, 5.41) is 5.87. The van der Waals surface area contributed by atoms with Crippen molar-refractivity contribution in [2.75, 3.05) is 6.54 Å². The Morgan fingerprint density at radius 2 is 1.34 bits per heavy atom. The molecule has 0 saturated carbocycles. The maximum atomic E-state index is 14.9. The number of alkyl carbamates (subject to hydrolysis) is 1. The van der Waals surface area contributed by atoms with Crippen LogP contribution in [0.2, 0.25) is 0 Å². The van der Waals surface area contributed by atoms with E-state index in [0.717, 1.165) is 42.4 Å². The number of aryl methyl sites for hydroxylation is 2. The first-order valence-electron chi connectivity index (χ1n) is 18.3. The van der Waals surface area contributed by atoms with Crippen molar-refractivity contribution in [3.8, 4) is 0 Å². The van der Waals surface area contributed by atoms with Gasteiger partial charge in [-0.3, -0.25) is 9.59 Å². The molecule has 9 nitrogen and oxygen atoms in total. The molecule has 0 radical (unpaired) electrons. The van der Waals surface area contributed by atoms with Crippen LogP contribution in [0.5, 0.6) is 0 Å². The van der Waals surface area contributed by atoms with Crippen LogP contribution in [-0.4, -0.2) is 58.6 Å². The van der Waals surface area contributed by atoms with Crippen molar-refractivity contribution >= 4 is 23.9 Å². The zero-order valence-corrected chi connectivity index (χ0v) is 32.5. The molecule has 9 heteroatoms. The van der Waals surface area contributed by atoms with Gasteiger partial charge in [0.2, 0.25) is 11.8 Å². The summed E-state index contributed by atoms with van der Waals surface area (Å²) in [4.78, 5) is 58.1. The summed E-state index contributed by atoms with van der Waals surface area (Å²) in [7, 11) is 0. The third-order valence-electron chi connectivity index (χ3n) is 8.60. The summed E-state index contributed by atoms with van der Waals surface area (Å²) in [6.45, 7) is 20.8. The number of benzene rings is 2. The van der Waals surface area contributed by atoms with Gasteiger partial charge in [-0.1, -0.05) is 101 Å². The van der Waals surface area contributed by atoms with Crippen LogP contribution in [0.15, 0.2) is 48.5 Å². The third-order valence-corrected chi connectivity index (χ3v) is 8.60. The fourth-order valence-corrected chi connectivity index (χ4v) is 5.90. The van der Waals surface area contributed by atoms with E-state index in [-0.39, 0.29) is 24.8 Å². The van der Waals surface area contributed by atoms with Gasteiger partial charge in [-0.15, -0.1) is 0 Å². The summed E-state index contributed by atoms with van der Waals surface area (Å²) in [5.74, 6) is -1.68. The Labute approximate surface area is 301 Å². The largest absolute Gasteiger partial charge is 0.458 e. The van der Waals surface area contributed by atoms with Gasteiger partial charge < -0.3 is 25.0 Å². The van der Waals surface area contributed by atoms with E-state index in [4.69, 9.17) is 9.47 Å². The molecular formula is C41H63N3O6. The van der Waals surface area contributed by atoms with Crippen LogP contribution < -0.4 is 10.6 Å². The number of esters is 1. The van der Waals surface area contributed by atoms with E-state index < -0.39 is 47.3 Å². The number of rotatable bonds is 17. The van der Waals surface area contributed by atoms with Crippen LogP contribution in [0, 0.1) is 19.8 Å². The zero-order valence-electron chi connectivity index (χ0n) is 32.5. The maximum absolute atomic E-state index is 14.9. The van der Waals surface area contributed by atoms with E-state index in [1.165, 1.54) is 0 Å². The van der Waals surface area contributed by atoms with Gasteiger partial charge in [0.05, 0.1) is 0 Å². The highest BCUT2D eigenvalue weighted by Gasteiger charge is 2.40. The zero-order chi connectivity index (χ0) is 37.6. The Bertz CT molecular complexity index is 1380. The lowest BCUT2D eigenvalue weighted by molar-refractivity contribution is -0.159. The monoisotopic (exact) mass is 693 g/mol. The average molecular weight is 694 g/mol. The van der Waals surface area contributed by atoms with Crippen LogP contribution in [0.1, 0.15) is 129 Å². The molecule has 0 aliphatic carbocycles. The first-order valence-corrected chi connectivity index (χ1v) is 18.3. The minimum atomic E-state index is -1.08. The van der Waals surface area contributed by atoms with Crippen LogP contribution in [0.4, 0.5) is 4.79 Å². The van der Waals surface area contributed by atoms with Gasteiger partial charge in [-0.2, -0.15) is 0 Å². The summed E-state index contributed by atoms with van der Waals surface area (Å²) >= 11 is 0. The average Bonchev–Trinajstić information content (AvgIpc) is 3.01. The Hall–Kier alpha value is -3.88. The van der Waals surface area contributed by atoms with Gasteiger partial charge in [0, 0.05) is 13.0 Å². The van der Waals surface area contributed by atoms with Crippen LogP contribution in [0.25, 0.3) is 0 Å². The van der Waals surface area contributed by atoms with Crippen molar-refractivity contribution in [2.24, 2.45) is 5.92 Å². The van der Waals surface area contributed by atoms with Gasteiger partial charge in [0.25, 0.3) is 0 Å². The van der Waals surface area contributed by atoms with Gasteiger partial charge in [-0.05, 0) is 90.0 Å². The molecule has 278 valence electrons. The molecule has 2 aromatic rings. The Morgan fingerprint density at radius 3 is 1.88 bits per heavy atom. The minimum Gasteiger partial charge on any atom is -0.458 e. The highest BCUT2D eigenvalue weighted by molar-refractivity contribution is 5.94. The van der Waals surface area contributed by atoms with E-state index in [0.29, 0.717) is 18.4 Å². The second kappa shape index (κ2) is 19.5.